The van der Waals surface area contributed by atoms with Crippen molar-refractivity contribution in [2.45, 2.75) is 0 Å². The van der Waals surface area contributed by atoms with Crippen LogP contribution in [0.1, 0.15) is 26.3 Å². The summed E-state index contributed by atoms with van der Waals surface area (Å²) < 4.78 is 0. The summed E-state index contributed by atoms with van der Waals surface area (Å²) in [5.74, 6) is -0.488. The van der Waals surface area contributed by atoms with Crippen molar-refractivity contribution in [3.8, 4) is 22.3 Å². The lowest BCUT2D eigenvalue weighted by Gasteiger charge is -2.17. The van der Waals surface area contributed by atoms with E-state index in [-0.39, 0.29) is 11.1 Å². The second kappa shape index (κ2) is 10.4. The van der Waals surface area contributed by atoms with Crippen molar-refractivity contribution >= 4 is 35.1 Å². The Bertz CT molecular complexity index is 1450. The van der Waals surface area contributed by atoms with Gasteiger partial charge in [-0.05, 0) is 46.5 Å². The van der Waals surface area contributed by atoms with Gasteiger partial charge in [-0.3, -0.25) is 15.0 Å². The fraction of sp³-hybridized carbons (Fsp3) is 0.0714. The van der Waals surface area contributed by atoms with E-state index in [9.17, 15) is 9.59 Å². The van der Waals surface area contributed by atoms with Crippen LogP contribution in [0.25, 0.3) is 22.3 Å². The predicted molar refractivity (Wildman–Crippen MR) is 144 cm³/mol. The molecule has 4 N–H and O–H groups in total. The van der Waals surface area contributed by atoms with Gasteiger partial charge in [-0.15, -0.1) is 0 Å². The number of nitrogens with zero attached hydrogens (tertiary/aromatic N) is 2. The molecule has 4 aromatic rings. The fourth-order valence-corrected chi connectivity index (χ4v) is 3.90. The van der Waals surface area contributed by atoms with Crippen molar-refractivity contribution in [1.82, 2.24) is 9.88 Å². The maximum Gasteiger partial charge on any atom is 0.257 e. The summed E-state index contributed by atoms with van der Waals surface area (Å²) >= 11 is 5.86. The SMILES string of the molecule is CN(C)C(=N)c1ccccc1-c1ccc(-c2ccc(C(N)=O)c(C(=O)Nc3ccc(Cl)cn3)c2)cc1. The Labute approximate surface area is 214 Å². The maximum atomic E-state index is 13.0. The van der Waals surface area contributed by atoms with Gasteiger partial charge >= 0.3 is 0 Å². The number of carbonyl (C=O) groups is 2. The smallest absolute Gasteiger partial charge is 0.257 e. The highest BCUT2D eigenvalue weighted by Gasteiger charge is 2.18. The van der Waals surface area contributed by atoms with Crippen molar-refractivity contribution < 1.29 is 9.59 Å². The molecule has 0 radical (unpaired) electrons. The number of nitrogens with one attached hydrogen (secondary N) is 2. The van der Waals surface area contributed by atoms with Crippen LogP contribution in [0.3, 0.4) is 0 Å². The van der Waals surface area contributed by atoms with Gasteiger partial charge in [-0.1, -0.05) is 66.2 Å². The molecule has 0 aliphatic carbocycles. The lowest BCUT2D eigenvalue weighted by atomic mass is 9.94. The zero-order valence-corrected chi connectivity index (χ0v) is 20.5. The lowest BCUT2D eigenvalue weighted by Crippen LogP contribution is -2.22. The number of rotatable bonds is 6. The molecule has 0 aliphatic rings. The molecule has 3 aromatic carbocycles. The van der Waals surface area contributed by atoms with Crippen LogP contribution in [-0.2, 0) is 0 Å². The molecule has 2 amide bonds. The van der Waals surface area contributed by atoms with Crippen molar-refractivity contribution in [3.63, 3.8) is 0 Å². The van der Waals surface area contributed by atoms with Gasteiger partial charge in [0.2, 0.25) is 5.91 Å². The number of carbonyl (C=O) groups excluding carboxylic acids is 2. The number of hydrogen-bond acceptors (Lipinski definition) is 4. The average Bonchev–Trinajstić information content (AvgIpc) is 2.89. The van der Waals surface area contributed by atoms with Crippen molar-refractivity contribution in [1.29, 1.82) is 5.41 Å². The molecule has 180 valence electrons. The van der Waals surface area contributed by atoms with Gasteiger partial charge in [0.15, 0.2) is 0 Å². The Morgan fingerprint density at radius 1 is 0.861 bits per heavy atom. The number of pyridine rings is 1. The van der Waals surface area contributed by atoms with Gasteiger partial charge in [-0.2, -0.15) is 0 Å². The molecule has 36 heavy (non-hydrogen) atoms. The van der Waals surface area contributed by atoms with Gasteiger partial charge in [0.05, 0.1) is 16.1 Å². The summed E-state index contributed by atoms with van der Waals surface area (Å²) in [5, 5.41) is 11.5. The minimum Gasteiger partial charge on any atom is -0.366 e. The highest BCUT2D eigenvalue weighted by atomic mass is 35.5. The molecule has 1 aromatic heterocycles. The zero-order chi connectivity index (χ0) is 25.8. The molecule has 0 unspecified atom stereocenters. The van der Waals surface area contributed by atoms with E-state index in [1.807, 2.05) is 62.6 Å². The van der Waals surface area contributed by atoms with Crippen LogP contribution in [0, 0.1) is 5.41 Å². The molecular formula is C28H24ClN5O2. The van der Waals surface area contributed by atoms with E-state index in [2.05, 4.69) is 10.3 Å². The number of hydrogen-bond donors (Lipinski definition) is 3. The molecule has 1 heterocycles. The van der Waals surface area contributed by atoms with E-state index in [0.717, 1.165) is 27.8 Å². The lowest BCUT2D eigenvalue weighted by molar-refractivity contribution is 0.0977. The van der Waals surface area contributed by atoms with E-state index in [4.69, 9.17) is 22.7 Å². The molecule has 8 heteroatoms. The normalized spacial score (nSPS) is 10.5. The van der Waals surface area contributed by atoms with E-state index < -0.39 is 11.8 Å². The molecule has 0 saturated heterocycles. The Morgan fingerprint density at radius 2 is 1.53 bits per heavy atom. The van der Waals surface area contributed by atoms with Crippen LogP contribution in [0.2, 0.25) is 5.02 Å². The molecule has 0 spiro atoms. The van der Waals surface area contributed by atoms with Gasteiger partial charge in [0.25, 0.3) is 5.91 Å². The minimum atomic E-state index is -0.703. The molecule has 0 bridgehead atoms. The molecule has 0 saturated carbocycles. The zero-order valence-electron chi connectivity index (χ0n) is 19.7. The van der Waals surface area contributed by atoms with E-state index >= 15 is 0 Å². The second-order valence-electron chi connectivity index (χ2n) is 8.31. The third kappa shape index (κ3) is 5.26. The molecule has 0 aliphatic heterocycles. The first kappa shape index (κ1) is 24.6. The van der Waals surface area contributed by atoms with Gasteiger partial charge in [-0.25, -0.2) is 4.98 Å². The monoisotopic (exact) mass is 497 g/mol. The summed E-state index contributed by atoms with van der Waals surface area (Å²) in [6.07, 6.45) is 1.42. The summed E-state index contributed by atoms with van der Waals surface area (Å²) in [6, 6.07) is 23.7. The summed E-state index contributed by atoms with van der Waals surface area (Å²) in [5.41, 5.74) is 10.1. The number of amidine groups is 1. The van der Waals surface area contributed by atoms with Crippen LogP contribution in [-0.4, -0.2) is 41.6 Å². The Morgan fingerprint density at radius 3 is 2.17 bits per heavy atom. The van der Waals surface area contributed by atoms with Gasteiger partial charge in [0, 0.05) is 25.9 Å². The third-order valence-corrected chi connectivity index (χ3v) is 5.88. The van der Waals surface area contributed by atoms with Crippen LogP contribution >= 0.6 is 11.6 Å². The largest absolute Gasteiger partial charge is 0.366 e. The highest BCUT2D eigenvalue weighted by molar-refractivity contribution is 6.30. The predicted octanol–water partition coefficient (Wildman–Crippen LogP) is 5.31. The topological polar surface area (TPSA) is 112 Å². The Balaban J connectivity index is 1.67. The summed E-state index contributed by atoms with van der Waals surface area (Å²) in [6.45, 7) is 0. The molecule has 7 nitrogen and oxygen atoms in total. The van der Waals surface area contributed by atoms with Crippen LogP contribution in [0.4, 0.5) is 5.82 Å². The van der Waals surface area contributed by atoms with Crippen LogP contribution in [0.15, 0.2) is 85.1 Å². The van der Waals surface area contributed by atoms with Gasteiger partial charge in [0.1, 0.15) is 11.7 Å². The van der Waals surface area contributed by atoms with Gasteiger partial charge < -0.3 is 16.0 Å². The molecule has 0 fully saturated rings. The number of amides is 2. The first-order chi connectivity index (χ1) is 17.2. The summed E-state index contributed by atoms with van der Waals surface area (Å²) in [4.78, 5) is 30.8. The molecule has 0 atom stereocenters. The quantitative estimate of drug-likeness (QED) is 0.247. The number of anilines is 1. The summed E-state index contributed by atoms with van der Waals surface area (Å²) in [7, 11) is 3.68. The third-order valence-electron chi connectivity index (χ3n) is 5.66. The van der Waals surface area contributed by atoms with E-state index in [1.165, 1.54) is 6.20 Å². The number of aromatic nitrogens is 1. The Kier molecular flexibility index (Phi) is 7.12. The highest BCUT2D eigenvalue weighted by Crippen LogP contribution is 2.29. The molecular weight excluding hydrogens is 474 g/mol. The van der Waals surface area contributed by atoms with E-state index in [1.54, 1.807) is 35.2 Å². The fourth-order valence-electron chi connectivity index (χ4n) is 3.78. The van der Waals surface area contributed by atoms with Crippen molar-refractivity contribution in [2.24, 2.45) is 5.73 Å². The minimum absolute atomic E-state index is 0.109. The maximum absolute atomic E-state index is 13.0. The first-order valence-corrected chi connectivity index (χ1v) is 11.4. The Hall–Kier alpha value is -4.49. The first-order valence-electron chi connectivity index (χ1n) is 11.1. The molecule has 4 rings (SSSR count). The average molecular weight is 498 g/mol. The van der Waals surface area contributed by atoms with Crippen LogP contribution < -0.4 is 11.1 Å². The van der Waals surface area contributed by atoms with Crippen LogP contribution in [0.5, 0.6) is 0 Å². The second-order valence-corrected chi connectivity index (χ2v) is 8.74. The van der Waals surface area contributed by atoms with E-state index in [0.29, 0.717) is 16.7 Å². The number of benzene rings is 3. The van der Waals surface area contributed by atoms with Crippen molar-refractivity contribution in [3.05, 3.63) is 107 Å². The number of nitrogens with two attached hydrogens (primary N) is 1. The number of halogens is 1. The van der Waals surface area contributed by atoms with Crippen molar-refractivity contribution in [2.75, 3.05) is 19.4 Å². The number of primary amides is 1. The standard InChI is InChI=1S/C28H24ClN5O2/c1-34(2)26(30)22-6-4-3-5-21(22)18-9-7-17(8-10-18)19-11-13-23(27(31)35)24(15-19)28(36)33-25-14-12-20(29)16-32-25/h3-16,30H,1-2H3,(H2,31,35)(H,32,33,36).